The minimum Gasteiger partial charge on any atom is -0.364 e. The van der Waals surface area contributed by atoms with Crippen LogP contribution in [0.5, 0.6) is 0 Å². The van der Waals surface area contributed by atoms with Crippen molar-refractivity contribution in [2.75, 3.05) is 18.7 Å². The highest BCUT2D eigenvalue weighted by atomic mass is 35.5. The molecule has 152 valence electrons. The van der Waals surface area contributed by atoms with Crippen molar-refractivity contribution in [3.63, 3.8) is 0 Å². The van der Waals surface area contributed by atoms with Gasteiger partial charge in [0.15, 0.2) is 0 Å². The Bertz CT molecular complexity index is 1070. The fourth-order valence-corrected chi connectivity index (χ4v) is 3.59. The lowest BCUT2D eigenvalue weighted by Gasteiger charge is -2.27. The highest BCUT2D eigenvalue weighted by Crippen LogP contribution is 2.27. The van der Waals surface area contributed by atoms with E-state index in [0.717, 1.165) is 29.7 Å². The van der Waals surface area contributed by atoms with Crippen molar-refractivity contribution in [2.45, 2.75) is 33.2 Å². The molecule has 2 aromatic carbocycles. The Morgan fingerprint density at radius 2 is 1.86 bits per heavy atom. The number of amides is 1. The molecule has 0 spiro atoms. The Labute approximate surface area is 174 Å². The minimum absolute atomic E-state index is 0.105. The number of nitrogens with zero attached hydrogens (tertiary/aromatic N) is 3. The number of fused-ring (bicyclic) bond motifs is 1. The number of carbonyl (C=O) groups excluding carboxylic acids is 1. The van der Waals surface area contributed by atoms with Crippen LogP contribution in [0.1, 0.15) is 25.0 Å². The van der Waals surface area contributed by atoms with Crippen molar-refractivity contribution >= 4 is 34.1 Å². The van der Waals surface area contributed by atoms with Gasteiger partial charge in [0.2, 0.25) is 5.91 Å². The van der Waals surface area contributed by atoms with Crippen molar-refractivity contribution in [2.24, 2.45) is 0 Å². The van der Waals surface area contributed by atoms with Gasteiger partial charge in [0.1, 0.15) is 13.3 Å². The standard InChI is InChI=1S/C22H24ClN3O3/c1-4-15-7-6-8-16(5-2)21(15)26(14-29-3)20(27)12-25-13-24-19-11-17(23)9-10-18(19)22(25)28/h6-11,13H,4-5,12,14H2,1-3H3. The summed E-state index contributed by atoms with van der Waals surface area (Å²) >= 11 is 5.97. The summed E-state index contributed by atoms with van der Waals surface area (Å²) in [7, 11) is 1.55. The monoisotopic (exact) mass is 413 g/mol. The van der Waals surface area contributed by atoms with Crippen molar-refractivity contribution in [1.82, 2.24) is 9.55 Å². The van der Waals surface area contributed by atoms with E-state index < -0.39 is 0 Å². The predicted octanol–water partition coefficient (Wildman–Crippen LogP) is 3.81. The third-order valence-corrected chi connectivity index (χ3v) is 5.12. The fourth-order valence-electron chi connectivity index (χ4n) is 3.43. The van der Waals surface area contributed by atoms with E-state index in [-0.39, 0.29) is 24.7 Å². The molecule has 0 fully saturated rings. The molecular formula is C22H24ClN3O3. The SMILES string of the molecule is CCc1cccc(CC)c1N(COC)C(=O)Cn1cnc2cc(Cl)ccc2c1=O. The number of halogens is 1. The number of hydrogen-bond acceptors (Lipinski definition) is 4. The zero-order valence-corrected chi connectivity index (χ0v) is 17.6. The van der Waals surface area contributed by atoms with Gasteiger partial charge in [-0.3, -0.25) is 19.1 Å². The molecule has 0 bridgehead atoms. The van der Waals surface area contributed by atoms with Crippen molar-refractivity contribution in [1.29, 1.82) is 0 Å². The average Bonchev–Trinajstić information content (AvgIpc) is 2.73. The molecule has 0 aliphatic carbocycles. The van der Waals surface area contributed by atoms with Crippen molar-refractivity contribution < 1.29 is 9.53 Å². The summed E-state index contributed by atoms with van der Waals surface area (Å²) in [6.07, 6.45) is 2.96. The van der Waals surface area contributed by atoms with Crippen LogP contribution in [0.25, 0.3) is 10.9 Å². The number of aryl methyl sites for hydroxylation is 2. The molecule has 0 atom stereocenters. The van der Waals surface area contributed by atoms with Gasteiger partial charge in [-0.05, 0) is 42.2 Å². The molecule has 3 rings (SSSR count). The molecule has 6 nitrogen and oxygen atoms in total. The second-order valence-electron chi connectivity index (χ2n) is 6.71. The number of ether oxygens (including phenoxy) is 1. The summed E-state index contributed by atoms with van der Waals surface area (Å²) in [6, 6.07) is 10.9. The summed E-state index contributed by atoms with van der Waals surface area (Å²) in [5.41, 5.74) is 3.21. The second-order valence-corrected chi connectivity index (χ2v) is 7.15. The molecule has 0 radical (unpaired) electrons. The molecule has 3 aromatic rings. The van der Waals surface area contributed by atoms with Gasteiger partial charge in [-0.25, -0.2) is 4.98 Å². The summed E-state index contributed by atoms with van der Waals surface area (Å²) < 4.78 is 6.64. The molecule has 0 N–H and O–H groups in total. The molecule has 1 heterocycles. The normalized spacial score (nSPS) is 11.0. The van der Waals surface area contributed by atoms with Crippen LogP contribution < -0.4 is 10.5 Å². The number of hydrogen-bond donors (Lipinski definition) is 0. The fraction of sp³-hybridized carbons (Fsp3) is 0.318. The first-order valence-corrected chi connectivity index (χ1v) is 9.92. The van der Waals surface area contributed by atoms with Gasteiger partial charge >= 0.3 is 0 Å². The number of para-hydroxylation sites is 1. The highest BCUT2D eigenvalue weighted by Gasteiger charge is 2.22. The Morgan fingerprint density at radius 1 is 1.17 bits per heavy atom. The largest absolute Gasteiger partial charge is 0.364 e. The van der Waals surface area contributed by atoms with E-state index >= 15 is 0 Å². The molecule has 0 saturated carbocycles. The lowest BCUT2D eigenvalue weighted by molar-refractivity contribution is -0.120. The highest BCUT2D eigenvalue weighted by molar-refractivity contribution is 6.31. The first kappa shape index (κ1) is 21.0. The van der Waals surface area contributed by atoms with Gasteiger partial charge in [0.05, 0.1) is 22.9 Å². The van der Waals surface area contributed by atoms with Gasteiger partial charge in [-0.1, -0.05) is 43.6 Å². The summed E-state index contributed by atoms with van der Waals surface area (Å²) in [5.74, 6) is -0.236. The number of aromatic nitrogens is 2. The summed E-state index contributed by atoms with van der Waals surface area (Å²) in [6.45, 7) is 4.08. The third kappa shape index (κ3) is 4.33. The van der Waals surface area contributed by atoms with Crippen LogP contribution >= 0.6 is 11.6 Å². The van der Waals surface area contributed by atoms with E-state index in [0.29, 0.717) is 15.9 Å². The quantitative estimate of drug-likeness (QED) is 0.552. The van der Waals surface area contributed by atoms with E-state index in [4.69, 9.17) is 16.3 Å². The van der Waals surface area contributed by atoms with Crippen LogP contribution in [0, 0.1) is 0 Å². The van der Waals surface area contributed by atoms with Gasteiger partial charge in [0, 0.05) is 12.1 Å². The lowest BCUT2D eigenvalue weighted by Crippen LogP contribution is -2.39. The van der Waals surface area contributed by atoms with Crippen molar-refractivity contribution in [3.05, 3.63) is 69.2 Å². The maximum atomic E-state index is 13.2. The zero-order valence-electron chi connectivity index (χ0n) is 16.8. The summed E-state index contributed by atoms with van der Waals surface area (Å²) in [4.78, 5) is 31.9. The van der Waals surface area contributed by atoms with Gasteiger partial charge < -0.3 is 4.74 Å². The molecule has 0 aliphatic rings. The first-order valence-electron chi connectivity index (χ1n) is 9.54. The molecule has 0 aliphatic heterocycles. The predicted molar refractivity (Wildman–Crippen MR) is 116 cm³/mol. The molecule has 29 heavy (non-hydrogen) atoms. The third-order valence-electron chi connectivity index (χ3n) is 4.89. The summed E-state index contributed by atoms with van der Waals surface area (Å²) in [5, 5.41) is 0.930. The van der Waals surface area contributed by atoms with Gasteiger partial charge in [-0.15, -0.1) is 0 Å². The topological polar surface area (TPSA) is 64.4 Å². The van der Waals surface area contributed by atoms with Crippen LogP contribution in [0.3, 0.4) is 0 Å². The number of carbonyl (C=O) groups is 1. The molecule has 0 unspecified atom stereocenters. The van der Waals surface area contributed by atoms with E-state index in [1.165, 1.54) is 10.9 Å². The van der Waals surface area contributed by atoms with Crippen LogP contribution in [0.2, 0.25) is 5.02 Å². The smallest absolute Gasteiger partial charge is 0.261 e. The van der Waals surface area contributed by atoms with E-state index in [1.54, 1.807) is 30.2 Å². The Balaban J connectivity index is 2.00. The molecule has 0 saturated heterocycles. The van der Waals surface area contributed by atoms with Gasteiger partial charge in [0.25, 0.3) is 5.56 Å². The Hall–Kier alpha value is -2.70. The molecule has 1 amide bonds. The lowest BCUT2D eigenvalue weighted by atomic mass is 10.0. The Kier molecular flexibility index (Phi) is 6.67. The van der Waals surface area contributed by atoms with E-state index in [9.17, 15) is 9.59 Å². The Morgan fingerprint density at radius 3 is 2.48 bits per heavy atom. The van der Waals surface area contributed by atoms with Gasteiger partial charge in [-0.2, -0.15) is 0 Å². The van der Waals surface area contributed by atoms with Crippen LogP contribution in [-0.4, -0.2) is 29.3 Å². The van der Waals surface area contributed by atoms with Crippen LogP contribution in [0.15, 0.2) is 47.5 Å². The average molecular weight is 414 g/mol. The van der Waals surface area contributed by atoms with Crippen LogP contribution in [-0.2, 0) is 28.9 Å². The van der Waals surface area contributed by atoms with E-state index in [1.807, 2.05) is 18.2 Å². The minimum atomic E-state index is -0.281. The zero-order chi connectivity index (χ0) is 21.0. The second kappa shape index (κ2) is 9.20. The number of benzene rings is 2. The van der Waals surface area contributed by atoms with E-state index in [2.05, 4.69) is 18.8 Å². The maximum absolute atomic E-state index is 13.2. The molecule has 7 heteroatoms. The molecule has 1 aromatic heterocycles. The maximum Gasteiger partial charge on any atom is 0.261 e. The van der Waals surface area contributed by atoms with Crippen molar-refractivity contribution in [3.8, 4) is 0 Å². The first-order chi connectivity index (χ1) is 14.0. The number of rotatable bonds is 7. The molecular weight excluding hydrogens is 390 g/mol. The van der Waals surface area contributed by atoms with Crippen LogP contribution in [0.4, 0.5) is 5.69 Å². The number of methoxy groups -OCH3 is 1. The number of anilines is 1.